The molecule has 0 radical (unpaired) electrons. The fourth-order valence-electron chi connectivity index (χ4n) is 3.86. The summed E-state index contributed by atoms with van der Waals surface area (Å²) >= 11 is 0. The molecule has 0 saturated carbocycles. The maximum atomic E-state index is 13.4. The van der Waals surface area contributed by atoms with Crippen molar-refractivity contribution < 1.29 is 9.59 Å². The Labute approximate surface area is 184 Å². The summed E-state index contributed by atoms with van der Waals surface area (Å²) in [6.07, 6.45) is 1.68. The Morgan fingerprint density at radius 3 is 2.45 bits per heavy atom. The third kappa shape index (κ3) is 6.26. The van der Waals surface area contributed by atoms with Crippen molar-refractivity contribution in [2.75, 3.05) is 44.6 Å². The van der Waals surface area contributed by atoms with E-state index in [1.807, 2.05) is 62.4 Å². The predicted molar refractivity (Wildman–Crippen MR) is 125 cm³/mol. The number of nitrogens with zero attached hydrogens (tertiary/aromatic N) is 2. The zero-order valence-electron chi connectivity index (χ0n) is 18.4. The molecule has 2 amide bonds. The van der Waals surface area contributed by atoms with Crippen molar-refractivity contribution >= 4 is 17.5 Å². The van der Waals surface area contributed by atoms with Crippen LogP contribution in [0.5, 0.6) is 0 Å². The van der Waals surface area contributed by atoms with E-state index in [-0.39, 0.29) is 17.9 Å². The number of amides is 2. The van der Waals surface area contributed by atoms with Crippen molar-refractivity contribution in [3.63, 3.8) is 0 Å². The highest BCUT2D eigenvalue weighted by Gasteiger charge is 2.31. The molecule has 2 aromatic rings. The average Bonchev–Trinajstić information content (AvgIpc) is 2.77. The average molecular weight is 421 g/mol. The molecule has 3 rings (SSSR count). The van der Waals surface area contributed by atoms with Gasteiger partial charge in [-0.2, -0.15) is 0 Å². The minimum absolute atomic E-state index is 0.000579. The van der Waals surface area contributed by atoms with Gasteiger partial charge in [-0.15, -0.1) is 6.58 Å². The molecular formula is C25H32N4O2. The molecule has 2 aromatic carbocycles. The summed E-state index contributed by atoms with van der Waals surface area (Å²) in [5.41, 5.74) is 3.98. The van der Waals surface area contributed by atoms with Gasteiger partial charge in [-0.25, -0.2) is 0 Å². The van der Waals surface area contributed by atoms with Gasteiger partial charge in [0.1, 0.15) is 6.04 Å². The van der Waals surface area contributed by atoms with Gasteiger partial charge in [0.15, 0.2) is 0 Å². The number of nitrogens with one attached hydrogen (secondary N) is 2. The van der Waals surface area contributed by atoms with E-state index < -0.39 is 0 Å². The first kappa shape index (κ1) is 22.7. The zero-order valence-corrected chi connectivity index (χ0v) is 18.4. The highest BCUT2D eigenvalue weighted by molar-refractivity contribution is 5.96. The molecule has 31 heavy (non-hydrogen) atoms. The van der Waals surface area contributed by atoms with E-state index in [9.17, 15) is 9.59 Å². The van der Waals surface area contributed by atoms with Gasteiger partial charge in [0.2, 0.25) is 11.8 Å². The second-order valence-corrected chi connectivity index (χ2v) is 8.03. The van der Waals surface area contributed by atoms with Gasteiger partial charge in [0.05, 0.1) is 6.54 Å². The van der Waals surface area contributed by atoms with Gasteiger partial charge >= 0.3 is 0 Å². The number of carbonyl (C=O) groups excluding carboxylic acids is 2. The maximum Gasteiger partial charge on any atom is 0.246 e. The number of hydrogen-bond acceptors (Lipinski definition) is 4. The lowest BCUT2D eigenvalue weighted by Gasteiger charge is -2.38. The summed E-state index contributed by atoms with van der Waals surface area (Å²) in [4.78, 5) is 29.7. The van der Waals surface area contributed by atoms with E-state index in [1.54, 1.807) is 6.08 Å². The van der Waals surface area contributed by atoms with Crippen molar-refractivity contribution in [2.45, 2.75) is 19.9 Å². The van der Waals surface area contributed by atoms with Gasteiger partial charge in [0, 0.05) is 38.4 Å². The summed E-state index contributed by atoms with van der Waals surface area (Å²) in [6, 6.07) is 15.6. The van der Waals surface area contributed by atoms with Crippen LogP contribution in [0.15, 0.2) is 61.2 Å². The van der Waals surface area contributed by atoms with E-state index in [2.05, 4.69) is 27.0 Å². The van der Waals surface area contributed by atoms with E-state index in [1.165, 1.54) is 0 Å². The molecule has 1 aliphatic heterocycles. The third-order valence-electron chi connectivity index (χ3n) is 5.60. The molecule has 6 nitrogen and oxygen atoms in total. The van der Waals surface area contributed by atoms with Crippen molar-refractivity contribution in [1.29, 1.82) is 0 Å². The molecule has 0 aliphatic carbocycles. The van der Waals surface area contributed by atoms with Crippen molar-refractivity contribution in [3.05, 3.63) is 77.9 Å². The first-order valence-corrected chi connectivity index (χ1v) is 10.7. The van der Waals surface area contributed by atoms with Crippen LogP contribution in [0.1, 0.15) is 22.7 Å². The summed E-state index contributed by atoms with van der Waals surface area (Å²) < 4.78 is 0. The fourth-order valence-corrected chi connectivity index (χ4v) is 3.86. The summed E-state index contributed by atoms with van der Waals surface area (Å²) in [5, 5.41) is 5.96. The predicted octanol–water partition coefficient (Wildman–Crippen LogP) is 2.90. The van der Waals surface area contributed by atoms with Crippen molar-refractivity contribution in [1.82, 2.24) is 15.1 Å². The number of anilines is 1. The van der Waals surface area contributed by atoms with Crippen LogP contribution in [-0.2, 0) is 9.59 Å². The lowest BCUT2D eigenvalue weighted by molar-refractivity contribution is -0.125. The standard InChI is InChI=1S/C25H32N4O2/c1-4-12-26-23(30)18-28-13-15-29(16-14-28)24(21-8-6-5-7-9-21)25(31)27-22-17-19(2)10-11-20(22)3/h4-11,17,24H,1,12-16,18H2,2-3H3,(H,26,30)(H,27,31). The van der Waals surface area contributed by atoms with Crippen LogP contribution in [-0.4, -0.2) is 60.9 Å². The Bertz CT molecular complexity index is 905. The fraction of sp³-hybridized carbons (Fsp3) is 0.360. The number of benzene rings is 2. The first-order chi connectivity index (χ1) is 15.0. The molecule has 2 N–H and O–H groups in total. The molecule has 164 valence electrons. The molecule has 0 aromatic heterocycles. The van der Waals surface area contributed by atoms with Crippen molar-refractivity contribution in [2.24, 2.45) is 0 Å². The molecule has 1 saturated heterocycles. The minimum atomic E-state index is -0.377. The second-order valence-electron chi connectivity index (χ2n) is 8.03. The molecule has 1 aliphatic rings. The lowest BCUT2D eigenvalue weighted by atomic mass is 10.0. The lowest BCUT2D eigenvalue weighted by Crippen LogP contribution is -2.52. The highest BCUT2D eigenvalue weighted by atomic mass is 16.2. The van der Waals surface area contributed by atoms with Gasteiger partial charge in [-0.05, 0) is 36.6 Å². The Morgan fingerprint density at radius 2 is 1.77 bits per heavy atom. The Morgan fingerprint density at radius 1 is 1.06 bits per heavy atom. The molecule has 1 heterocycles. The SMILES string of the molecule is C=CCNC(=O)CN1CCN(C(C(=O)Nc2cc(C)ccc2C)c2ccccc2)CC1. The number of rotatable bonds is 8. The summed E-state index contributed by atoms with van der Waals surface area (Å²) in [7, 11) is 0. The van der Waals surface area contributed by atoms with Gasteiger partial charge in [-0.3, -0.25) is 19.4 Å². The van der Waals surface area contributed by atoms with Crippen LogP contribution in [0.2, 0.25) is 0 Å². The van der Waals surface area contributed by atoms with E-state index in [0.717, 1.165) is 35.5 Å². The zero-order chi connectivity index (χ0) is 22.2. The Hall–Kier alpha value is -2.96. The molecule has 1 unspecified atom stereocenters. The van der Waals surface area contributed by atoms with Gasteiger partial charge < -0.3 is 10.6 Å². The number of hydrogen-bond donors (Lipinski definition) is 2. The molecule has 0 spiro atoms. The van der Waals surface area contributed by atoms with Crippen LogP contribution in [0, 0.1) is 13.8 Å². The largest absolute Gasteiger partial charge is 0.352 e. The molecule has 0 bridgehead atoms. The van der Waals surface area contributed by atoms with Crippen LogP contribution >= 0.6 is 0 Å². The smallest absolute Gasteiger partial charge is 0.246 e. The van der Waals surface area contributed by atoms with Crippen LogP contribution in [0.3, 0.4) is 0 Å². The number of aryl methyl sites for hydroxylation is 2. The van der Waals surface area contributed by atoms with Crippen LogP contribution in [0.25, 0.3) is 0 Å². The summed E-state index contributed by atoms with van der Waals surface area (Å²) in [6.45, 7) is 11.4. The van der Waals surface area contributed by atoms with E-state index >= 15 is 0 Å². The molecule has 6 heteroatoms. The quantitative estimate of drug-likeness (QED) is 0.645. The first-order valence-electron chi connectivity index (χ1n) is 10.7. The van der Waals surface area contributed by atoms with E-state index in [4.69, 9.17) is 0 Å². The summed E-state index contributed by atoms with van der Waals surface area (Å²) in [5.74, 6) is -0.0299. The molecular weight excluding hydrogens is 388 g/mol. The second kappa shape index (κ2) is 10.9. The Kier molecular flexibility index (Phi) is 7.98. The normalized spacial score (nSPS) is 15.8. The van der Waals surface area contributed by atoms with Crippen LogP contribution in [0.4, 0.5) is 5.69 Å². The van der Waals surface area contributed by atoms with Crippen LogP contribution < -0.4 is 10.6 Å². The number of piperazine rings is 1. The number of carbonyl (C=O) groups is 2. The third-order valence-corrected chi connectivity index (χ3v) is 5.60. The molecule has 1 fully saturated rings. The highest BCUT2D eigenvalue weighted by Crippen LogP contribution is 2.25. The Balaban J connectivity index is 1.70. The van der Waals surface area contributed by atoms with Gasteiger partial charge in [0.25, 0.3) is 0 Å². The van der Waals surface area contributed by atoms with Crippen molar-refractivity contribution in [3.8, 4) is 0 Å². The van der Waals surface area contributed by atoms with Gasteiger partial charge in [-0.1, -0.05) is 48.5 Å². The monoisotopic (exact) mass is 420 g/mol. The molecule has 1 atom stereocenters. The topological polar surface area (TPSA) is 64.7 Å². The minimum Gasteiger partial charge on any atom is -0.352 e. The maximum absolute atomic E-state index is 13.4. The van der Waals surface area contributed by atoms with E-state index in [0.29, 0.717) is 26.2 Å².